The number of anilines is 1. The van der Waals surface area contributed by atoms with Crippen LogP contribution in [0.25, 0.3) is 0 Å². The Morgan fingerprint density at radius 3 is 2.46 bits per heavy atom. The smallest absolute Gasteiger partial charge is 0.259 e. The number of fused-ring (bicyclic) bond motifs is 2. The third-order valence-corrected chi connectivity index (χ3v) is 6.98. The lowest BCUT2D eigenvalue weighted by atomic mass is 9.79. The van der Waals surface area contributed by atoms with Gasteiger partial charge in [-0.1, -0.05) is 50.6 Å². The Labute approximate surface area is 209 Å². The molecule has 3 aromatic rings. The second kappa shape index (κ2) is 8.85. The minimum Gasteiger partial charge on any atom is -0.486 e. The molecule has 0 unspecified atom stereocenters. The molecule has 0 saturated carbocycles. The van der Waals surface area contributed by atoms with Crippen LogP contribution in [0.3, 0.4) is 0 Å². The summed E-state index contributed by atoms with van der Waals surface area (Å²) >= 11 is 6.68. The highest BCUT2D eigenvalue weighted by Gasteiger charge is 2.42. The molecule has 0 fully saturated rings. The quantitative estimate of drug-likeness (QED) is 0.482. The fourth-order valence-corrected chi connectivity index (χ4v) is 5.46. The number of nitrogens with zero attached hydrogens (tertiary/aromatic N) is 1. The fraction of sp³-hybridized carbons (Fsp3) is 0.321. The zero-order valence-electron chi connectivity index (χ0n) is 19.8. The number of carbonyl (C=O) groups excluding carboxylic acids is 1. The summed E-state index contributed by atoms with van der Waals surface area (Å²) in [6, 6.07) is 14.6. The average Bonchev–Trinajstić information content (AvgIpc) is 2.83. The fourth-order valence-electron chi connectivity index (χ4n) is 5.01. The standard InChI is InChI=1S/C28H27ClFNO4/c1-28(2,3)22-8-6-18(14-23(22)29)31-26(16-4-9-24-25(12-16)35-11-10-34-24)21(15-32)19-7-5-17(30)13-20(19)27(31)33/h4-9,12-14,21,26,32H,10-11,15H2,1-3H3/t21-,26+/m1/s1. The number of ether oxygens (including phenoxy) is 2. The number of benzene rings is 3. The lowest BCUT2D eigenvalue weighted by Crippen LogP contribution is -2.44. The number of halogens is 2. The van der Waals surface area contributed by atoms with E-state index in [9.17, 15) is 14.3 Å². The molecule has 0 radical (unpaired) electrons. The third-order valence-electron chi connectivity index (χ3n) is 6.67. The number of rotatable bonds is 3. The molecule has 3 aromatic carbocycles. The van der Waals surface area contributed by atoms with Crippen LogP contribution in [0.15, 0.2) is 54.6 Å². The number of hydrogen-bond acceptors (Lipinski definition) is 4. The van der Waals surface area contributed by atoms with Gasteiger partial charge in [0.2, 0.25) is 0 Å². The molecule has 2 aliphatic heterocycles. The van der Waals surface area contributed by atoms with E-state index in [0.29, 0.717) is 41.0 Å². The van der Waals surface area contributed by atoms with Crippen molar-refractivity contribution in [2.24, 2.45) is 0 Å². The van der Waals surface area contributed by atoms with Crippen molar-refractivity contribution in [1.29, 1.82) is 0 Å². The Hall–Kier alpha value is -3.09. The van der Waals surface area contributed by atoms with E-state index in [0.717, 1.165) is 11.1 Å². The molecule has 2 atom stereocenters. The Morgan fingerprint density at radius 1 is 1.03 bits per heavy atom. The predicted octanol–water partition coefficient (Wildman–Crippen LogP) is 6.03. The van der Waals surface area contributed by atoms with Crippen molar-refractivity contribution < 1.29 is 23.8 Å². The second-order valence-electron chi connectivity index (χ2n) is 9.96. The normalized spacial score (nSPS) is 19.5. The van der Waals surface area contributed by atoms with E-state index in [1.807, 2.05) is 30.3 Å². The third kappa shape index (κ3) is 4.15. The van der Waals surface area contributed by atoms with Crippen molar-refractivity contribution >= 4 is 23.2 Å². The maximum atomic E-state index is 14.2. The molecular weight excluding hydrogens is 469 g/mol. The summed E-state index contributed by atoms with van der Waals surface area (Å²) in [6.45, 7) is 6.86. The first kappa shape index (κ1) is 23.6. The summed E-state index contributed by atoms with van der Waals surface area (Å²) in [5.41, 5.74) is 2.95. The van der Waals surface area contributed by atoms with Gasteiger partial charge in [-0.3, -0.25) is 4.79 Å². The van der Waals surface area contributed by atoms with E-state index in [2.05, 4.69) is 20.8 Å². The van der Waals surface area contributed by atoms with Crippen LogP contribution in [0, 0.1) is 5.82 Å². The molecule has 0 aliphatic carbocycles. The van der Waals surface area contributed by atoms with Crippen LogP contribution in [0.1, 0.15) is 59.8 Å². The zero-order chi connectivity index (χ0) is 24.9. The first-order valence-electron chi connectivity index (χ1n) is 11.6. The highest BCUT2D eigenvalue weighted by atomic mass is 35.5. The average molecular weight is 496 g/mol. The van der Waals surface area contributed by atoms with Crippen LogP contribution in [0.4, 0.5) is 10.1 Å². The molecular formula is C28H27ClFNO4. The summed E-state index contributed by atoms with van der Waals surface area (Å²) < 4.78 is 25.7. The molecule has 2 aliphatic rings. The Kier molecular flexibility index (Phi) is 5.98. The van der Waals surface area contributed by atoms with Crippen LogP contribution in [-0.4, -0.2) is 30.8 Å². The molecule has 0 spiro atoms. The molecule has 7 heteroatoms. The van der Waals surface area contributed by atoms with Crippen molar-refractivity contribution in [2.45, 2.75) is 38.1 Å². The van der Waals surface area contributed by atoms with Gasteiger partial charge in [0, 0.05) is 22.2 Å². The topological polar surface area (TPSA) is 59.0 Å². The largest absolute Gasteiger partial charge is 0.486 e. The first-order chi connectivity index (χ1) is 16.7. The molecule has 5 nitrogen and oxygen atoms in total. The van der Waals surface area contributed by atoms with Gasteiger partial charge in [-0.15, -0.1) is 0 Å². The predicted molar refractivity (Wildman–Crippen MR) is 133 cm³/mol. The van der Waals surface area contributed by atoms with Crippen LogP contribution >= 0.6 is 11.6 Å². The lowest BCUT2D eigenvalue weighted by molar-refractivity contribution is 0.0949. The van der Waals surface area contributed by atoms with Crippen molar-refractivity contribution in [1.82, 2.24) is 0 Å². The van der Waals surface area contributed by atoms with E-state index >= 15 is 0 Å². The van der Waals surface area contributed by atoms with Gasteiger partial charge in [0.15, 0.2) is 11.5 Å². The van der Waals surface area contributed by atoms with Gasteiger partial charge in [-0.2, -0.15) is 0 Å². The van der Waals surface area contributed by atoms with Gasteiger partial charge in [-0.25, -0.2) is 4.39 Å². The van der Waals surface area contributed by atoms with Gasteiger partial charge < -0.3 is 19.5 Å². The van der Waals surface area contributed by atoms with E-state index in [1.54, 1.807) is 17.0 Å². The van der Waals surface area contributed by atoms with E-state index in [1.165, 1.54) is 12.1 Å². The molecule has 0 aromatic heterocycles. The molecule has 35 heavy (non-hydrogen) atoms. The number of amides is 1. The molecule has 182 valence electrons. The minimum atomic E-state index is -0.571. The molecule has 2 heterocycles. The first-order valence-corrected chi connectivity index (χ1v) is 12.0. The Morgan fingerprint density at radius 2 is 1.77 bits per heavy atom. The van der Waals surface area contributed by atoms with Crippen molar-refractivity contribution in [3.05, 3.63) is 87.7 Å². The Balaban J connectivity index is 1.70. The monoisotopic (exact) mass is 495 g/mol. The maximum Gasteiger partial charge on any atom is 0.259 e. The maximum absolute atomic E-state index is 14.2. The summed E-state index contributed by atoms with van der Waals surface area (Å²) in [4.78, 5) is 15.5. The zero-order valence-corrected chi connectivity index (χ0v) is 20.6. The second-order valence-corrected chi connectivity index (χ2v) is 10.4. The van der Waals surface area contributed by atoms with E-state index in [-0.39, 0.29) is 23.5 Å². The van der Waals surface area contributed by atoms with Gasteiger partial charge in [0.05, 0.1) is 12.6 Å². The van der Waals surface area contributed by atoms with Gasteiger partial charge in [0.1, 0.15) is 19.0 Å². The lowest BCUT2D eigenvalue weighted by Gasteiger charge is -2.42. The summed E-state index contributed by atoms with van der Waals surface area (Å²) in [6.07, 6.45) is 0. The molecule has 0 saturated heterocycles. The van der Waals surface area contributed by atoms with Gasteiger partial charge in [0.25, 0.3) is 5.91 Å². The molecule has 0 bridgehead atoms. The van der Waals surface area contributed by atoms with Gasteiger partial charge >= 0.3 is 0 Å². The summed E-state index contributed by atoms with van der Waals surface area (Å²) in [5, 5.41) is 11.1. The number of carbonyl (C=O) groups is 1. The van der Waals surface area contributed by atoms with Crippen molar-refractivity contribution in [3.63, 3.8) is 0 Å². The van der Waals surface area contributed by atoms with Crippen LogP contribution in [0.2, 0.25) is 5.02 Å². The Bertz CT molecular complexity index is 1300. The minimum absolute atomic E-state index is 0.180. The highest BCUT2D eigenvalue weighted by molar-refractivity contribution is 6.32. The van der Waals surface area contributed by atoms with E-state index < -0.39 is 17.8 Å². The highest BCUT2D eigenvalue weighted by Crippen LogP contribution is 2.47. The summed E-state index contributed by atoms with van der Waals surface area (Å²) in [5.74, 6) is -0.138. The number of aliphatic hydroxyl groups excluding tert-OH is 1. The number of hydrogen-bond donors (Lipinski definition) is 1. The van der Waals surface area contributed by atoms with Crippen LogP contribution < -0.4 is 14.4 Å². The molecule has 1 N–H and O–H groups in total. The van der Waals surface area contributed by atoms with Crippen molar-refractivity contribution in [2.75, 3.05) is 24.7 Å². The van der Waals surface area contributed by atoms with Crippen LogP contribution in [0.5, 0.6) is 11.5 Å². The molecule has 1 amide bonds. The molecule has 5 rings (SSSR count). The summed E-state index contributed by atoms with van der Waals surface area (Å²) in [7, 11) is 0. The van der Waals surface area contributed by atoms with Gasteiger partial charge in [-0.05, 0) is 58.5 Å². The van der Waals surface area contributed by atoms with Crippen molar-refractivity contribution in [3.8, 4) is 11.5 Å². The number of aliphatic hydroxyl groups is 1. The SMILES string of the molecule is CC(C)(C)c1ccc(N2C(=O)c3cc(F)ccc3[C@@H](CO)[C@@H]2c2ccc3c(c2)OCCO3)cc1Cl. The van der Waals surface area contributed by atoms with Crippen LogP contribution in [-0.2, 0) is 5.41 Å². The van der Waals surface area contributed by atoms with E-state index in [4.69, 9.17) is 21.1 Å².